The van der Waals surface area contributed by atoms with E-state index in [0.29, 0.717) is 74.7 Å². The molecule has 8 atom stereocenters. The van der Waals surface area contributed by atoms with Gasteiger partial charge in [0, 0.05) is 82.2 Å². The number of anilines is 2. The molecule has 2 fully saturated rings. The highest BCUT2D eigenvalue weighted by molar-refractivity contribution is 6.04. The number of amides is 8. The molecule has 0 spiro atoms. The van der Waals surface area contributed by atoms with E-state index in [9.17, 15) is 33.2 Å². The van der Waals surface area contributed by atoms with Crippen molar-refractivity contribution in [3.05, 3.63) is 130 Å². The fourth-order valence-electron chi connectivity index (χ4n) is 13.3. The van der Waals surface area contributed by atoms with E-state index < -0.39 is 82.5 Å². The number of hydrogen-bond donors (Lipinski definition) is 4. The molecule has 4 heterocycles. The van der Waals surface area contributed by atoms with Crippen molar-refractivity contribution < 1.29 is 57.0 Å². The molecule has 2 saturated heterocycles. The largest absolute Gasteiger partial charge is 0.444 e. The van der Waals surface area contributed by atoms with Crippen molar-refractivity contribution in [1.82, 2.24) is 40.4 Å². The highest BCUT2D eigenvalue weighted by Crippen LogP contribution is 2.43. The predicted molar refractivity (Wildman–Crippen MR) is 356 cm³/mol. The lowest BCUT2D eigenvalue weighted by atomic mass is 9.83. The number of morpholine rings is 1. The number of ether oxygens (including phenoxy) is 3. The molecule has 4 aromatic carbocycles. The van der Waals surface area contributed by atoms with Gasteiger partial charge in [0.15, 0.2) is 0 Å². The molecule has 21 nitrogen and oxygen atoms in total. The summed E-state index contributed by atoms with van der Waals surface area (Å²) in [7, 11) is 1.45. The van der Waals surface area contributed by atoms with Crippen LogP contribution in [0.4, 0.5) is 25.4 Å². The highest BCUT2D eigenvalue weighted by Gasteiger charge is 2.49. The molecule has 4 aromatic rings. The van der Waals surface area contributed by atoms with Crippen LogP contribution in [-0.2, 0) is 74.2 Å². The topological polar surface area (TPSA) is 232 Å². The number of likely N-dealkylation sites (N-methyl/N-ethyl adjacent to an activating group) is 1. The highest BCUT2D eigenvalue weighted by atomic mass is 19.1. The Morgan fingerprint density at radius 1 is 0.798 bits per heavy atom. The fraction of sp³-hybridized carbons (Fsp3) is 0.556. The molecule has 508 valence electrons. The van der Waals surface area contributed by atoms with Crippen LogP contribution >= 0.6 is 0 Å². The Hall–Kier alpha value is -7.95. The number of aryl methyl sites for hydroxylation is 1. The monoisotopic (exact) mass is 1300 g/mol. The summed E-state index contributed by atoms with van der Waals surface area (Å²) in [6, 6.07) is 21.3. The number of fused-ring (bicyclic) bond motifs is 3. The van der Waals surface area contributed by atoms with Gasteiger partial charge in [-0.15, -0.1) is 0 Å². The van der Waals surface area contributed by atoms with Crippen molar-refractivity contribution in [2.75, 3.05) is 76.3 Å². The van der Waals surface area contributed by atoms with Gasteiger partial charge in [-0.1, -0.05) is 75.4 Å². The van der Waals surface area contributed by atoms with Crippen LogP contribution in [0.1, 0.15) is 148 Å². The first-order valence-corrected chi connectivity index (χ1v) is 33.0. The lowest BCUT2D eigenvalue weighted by molar-refractivity contribution is -0.147. The SMILES string of the molecule is C[C@@H]1COCCN1C[C@H]1CN(C(=O)OC(C)(C)C)[C@H](C)CN1CC(=O)N1CC(C)(C(=O)NCC(=O)Nc2ccc3c(c2)CN(C(=O)[C@@H](NC(=O)[C@H](C)N(C)C(=O)OC(C)(C)C)C(C)(C)C)[C@H](C(=O)N[C@@H]2CCCc4ccccc42)C3)c2ccc(Cc3ccc(F)cc3)cc21. The first-order chi connectivity index (χ1) is 44.2. The summed E-state index contributed by atoms with van der Waals surface area (Å²) in [5, 5.41) is 12.0. The minimum Gasteiger partial charge on any atom is -0.444 e. The van der Waals surface area contributed by atoms with Gasteiger partial charge in [0.1, 0.15) is 35.1 Å². The first-order valence-electron chi connectivity index (χ1n) is 33.0. The van der Waals surface area contributed by atoms with Crippen molar-refractivity contribution in [1.29, 1.82) is 0 Å². The Kier molecular flexibility index (Phi) is 21.4. The summed E-state index contributed by atoms with van der Waals surface area (Å²) in [5.41, 5.74) is 3.07. The van der Waals surface area contributed by atoms with E-state index in [4.69, 9.17) is 14.2 Å². The number of benzene rings is 4. The van der Waals surface area contributed by atoms with E-state index in [0.717, 1.165) is 40.7 Å². The number of rotatable bonds is 16. The lowest BCUT2D eigenvalue weighted by Crippen LogP contribution is -2.64. The van der Waals surface area contributed by atoms with Gasteiger partial charge >= 0.3 is 12.2 Å². The number of nitrogens with zero attached hydrogens (tertiary/aromatic N) is 6. The third-order valence-corrected chi connectivity index (χ3v) is 18.8. The summed E-state index contributed by atoms with van der Waals surface area (Å²) in [6.07, 6.45) is 1.90. The number of hydrogen-bond acceptors (Lipinski definition) is 13. The molecule has 9 rings (SSSR count). The van der Waals surface area contributed by atoms with Gasteiger partial charge < -0.3 is 50.2 Å². The van der Waals surface area contributed by atoms with E-state index in [1.807, 2.05) is 90.9 Å². The number of nitrogens with one attached hydrogen (secondary N) is 4. The molecule has 0 bridgehead atoms. The van der Waals surface area contributed by atoms with Gasteiger partial charge in [-0.05, 0) is 170 Å². The zero-order valence-corrected chi connectivity index (χ0v) is 57.3. The first kappa shape index (κ1) is 70.4. The second-order valence-corrected chi connectivity index (χ2v) is 29.6. The Balaban J connectivity index is 0.933. The van der Waals surface area contributed by atoms with Crippen molar-refractivity contribution >= 4 is 59.0 Å². The average molecular weight is 1300 g/mol. The van der Waals surface area contributed by atoms with E-state index >= 15 is 9.59 Å². The Morgan fingerprint density at radius 2 is 1.50 bits per heavy atom. The smallest absolute Gasteiger partial charge is 0.410 e. The quantitative estimate of drug-likeness (QED) is 0.0833. The minimum atomic E-state index is -1.33. The van der Waals surface area contributed by atoms with Gasteiger partial charge in [0.2, 0.25) is 35.4 Å². The molecule has 8 amide bonds. The van der Waals surface area contributed by atoms with Crippen LogP contribution in [0, 0.1) is 11.2 Å². The van der Waals surface area contributed by atoms with Crippen molar-refractivity contribution in [2.45, 2.75) is 188 Å². The summed E-state index contributed by atoms with van der Waals surface area (Å²) in [6.45, 7) is 26.0. The zero-order valence-electron chi connectivity index (χ0n) is 57.3. The van der Waals surface area contributed by atoms with E-state index in [-0.39, 0.29) is 67.9 Å². The van der Waals surface area contributed by atoms with Crippen molar-refractivity contribution in [3.8, 4) is 0 Å². The van der Waals surface area contributed by atoms with E-state index in [1.165, 1.54) is 29.0 Å². The number of piperazine rings is 1. The second-order valence-electron chi connectivity index (χ2n) is 29.6. The molecule has 4 aliphatic heterocycles. The average Bonchev–Trinajstić information content (AvgIpc) is 1.56. The maximum Gasteiger partial charge on any atom is 0.410 e. The maximum absolute atomic E-state index is 15.3. The maximum atomic E-state index is 15.3. The minimum absolute atomic E-state index is 0.0180. The van der Waals surface area contributed by atoms with Gasteiger partial charge in [-0.3, -0.25) is 43.5 Å². The molecule has 0 saturated carbocycles. The van der Waals surface area contributed by atoms with Gasteiger partial charge in [-0.25, -0.2) is 14.0 Å². The number of carbonyl (C=O) groups is 8. The van der Waals surface area contributed by atoms with Gasteiger partial charge in [0.25, 0.3) is 0 Å². The molecule has 1 aliphatic carbocycles. The Morgan fingerprint density at radius 3 is 2.19 bits per heavy atom. The lowest BCUT2D eigenvalue weighted by Gasteiger charge is -2.47. The molecular weight excluding hydrogens is 1200 g/mol. The predicted octanol–water partition coefficient (Wildman–Crippen LogP) is 8.04. The standard InChI is InChI=1S/C72H97FN10O11/c1-44-37-80(54(39-79-30-31-92-42-45(79)2)40-81(44)68(91)94-71(10,11)12)41-61(85)83-43-72(13,56-29-24-48(33-58(56)83)32-47-22-26-52(73)27-23-47)66(89)74-36-60(84)75-53-28-25-50-35-59(64(87)76-57-21-17-19-49-18-15-16-20-55(49)57)82(38-51(50)34-53)65(88)62(69(4,5)6)77-63(86)46(3)78(14)67(90)93-70(7,8)9/h15-16,18,20,22-29,33-34,44-46,54,57,59,62H,17,19,21,30-32,35-43H2,1-14H3,(H,74,89)(H,75,84)(H,76,87)(H,77,86)/t44-,45-,46+,54+,57-,59+,62-,72?/m1/s1. The Labute approximate surface area is 553 Å². The van der Waals surface area contributed by atoms with Crippen LogP contribution in [0.5, 0.6) is 0 Å². The summed E-state index contributed by atoms with van der Waals surface area (Å²) in [5.74, 6) is -3.11. The van der Waals surface area contributed by atoms with Crippen LogP contribution in [0.25, 0.3) is 0 Å². The van der Waals surface area contributed by atoms with Crippen LogP contribution < -0.4 is 26.2 Å². The third-order valence-electron chi connectivity index (χ3n) is 18.8. The summed E-state index contributed by atoms with van der Waals surface area (Å²) >= 11 is 0. The van der Waals surface area contributed by atoms with Gasteiger partial charge in [-0.2, -0.15) is 0 Å². The number of halogens is 1. The van der Waals surface area contributed by atoms with Crippen LogP contribution in [-0.4, -0.2) is 186 Å². The normalized spacial score (nSPS) is 22.3. The molecule has 94 heavy (non-hydrogen) atoms. The van der Waals surface area contributed by atoms with E-state index in [2.05, 4.69) is 44.1 Å². The van der Waals surface area contributed by atoms with Crippen LogP contribution in [0.2, 0.25) is 0 Å². The fourth-order valence-corrected chi connectivity index (χ4v) is 13.3. The molecule has 22 heteroatoms. The third kappa shape index (κ3) is 16.7. The molecular formula is C72H97FN10O11. The molecule has 1 unspecified atom stereocenters. The summed E-state index contributed by atoms with van der Waals surface area (Å²) < 4.78 is 31.2. The van der Waals surface area contributed by atoms with Crippen molar-refractivity contribution in [2.24, 2.45) is 5.41 Å². The van der Waals surface area contributed by atoms with Gasteiger partial charge in [0.05, 0.1) is 37.8 Å². The molecule has 0 radical (unpaired) electrons. The zero-order chi connectivity index (χ0) is 68.4. The molecule has 5 aliphatic rings. The second kappa shape index (κ2) is 28.6. The van der Waals surface area contributed by atoms with Crippen LogP contribution in [0.3, 0.4) is 0 Å². The van der Waals surface area contributed by atoms with Crippen LogP contribution in [0.15, 0.2) is 84.9 Å². The van der Waals surface area contributed by atoms with E-state index in [1.54, 1.807) is 68.7 Å². The summed E-state index contributed by atoms with van der Waals surface area (Å²) in [4.78, 5) is 126. The molecule has 4 N–H and O–H groups in total. The molecule has 0 aromatic heterocycles. The number of carbonyl (C=O) groups excluding carboxylic acids is 8. The van der Waals surface area contributed by atoms with Crippen molar-refractivity contribution in [3.63, 3.8) is 0 Å². The Bertz CT molecular complexity index is 3490.